The van der Waals surface area contributed by atoms with Gasteiger partial charge in [-0.3, -0.25) is 0 Å². The summed E-state index contributed by atoms with van der Waals surface area (Å²) in [5, 5.41) is 3.54. The summed E-state index contributed by atoms with van der Waals surface area (Å²) in [5.41, 5.74) is 0. The molecular weight excluding hydrogens is 188 g/mol. The summed E-state index contributed by atoms with van der Waals surface area (Å²) >= 11 is 0. The molecule has 0 aromatic rings. The molecule has 1 rings (SSSR count). The summed E-state index contributed by atoms with van der Waals surface area (Å²) in [6.07, 6.45) is 5.36. The smallest absolute Gasteiger partial charge is 0.0615 e. The lowest BCUT2D eigenvalue weighted by molar-refractivity contribution is 0.114. The average Bonchev–Trinajstić information content (AvgIpc) is 3.01. The van der Waals surface area contributed by atoms with Crippen molar-refractivity contribution in [3.05, 3.63) is 0 Å². The van der Waals surface area contributed by atoms with Gasteiger partial charge in [-0.15, -0.1) is 0 Å². The Morgan fingerprint density at radius 1 is 1.40 bits per heavy atom. The molecule has 0 bridgehead atoms. The van der Waals surface area contributed by atoms with Crippen LogP contribution in [-0.2, 0) is 4.74 Å². The molecule has 1 saturated carbocycles. The maximum Gasteiger partial charge on any atom is 0.0615 e. The highest BCUT2D eigenvalue weighted by atomic mass is 16.5. The summed E-state index contributed by atoms with van der Waals surface area (Å²) in [6.45, 7) is 5.41. The first-order chi connectivity index (χ1) is 7.24. The van der Waals surface area contributed by atoms with Crippen LogP contribution in [0.2, 0.25) is 0 Å². The van der Waals surface area contributed by atoms with Crippen molar-refractivity contribution in [2.75, 3.05) is 33.9 Å². The molecule has 1 atom stereocenters. The largest absolute Gasteiger partial charge is 0.383 e. The Balaban J connectivity index is 1.88. The van der Waals surface area contributed by atoms with Gasteiger partial charge >= 0.3 is 0 Å². The zero-order valence-electron chi connectivity index (χ0n) is 10.5. The quantitative estimate of drug-likeness (QED) is 0.589. The molecule has 0 heterocycles. The summed E-state index contributed by atoms with van der Waals surface area (Å²) in [4.78, 5) is 2.38. The Kier molecular flexibility index (Phi) is 6.22. The maximum absolute atomic E-state index is 5.14. The number of ether oxygens (including phenoxy) is 1. The predicted octanol–water partition coefficient (Wildman–Crippen LogP) is 1.49. The van der Waals surface area contributed by atoms with Gasteiger partial charge in [-0.2, -0.15) is 0 Å². The zero-order valence-corrected chi connectivity index (χ0v) is 10.5. The summed E-state index contributed by atoms with van der Waals surface area (Å²) in [6, 6.07) is 1.39. The Labute approximate surface area is 94.2 Å². The first kappa shape index (κ1) is 12.9. The van der Waals surface area contributed by atoms with E-state index in [9.17, 15) is 0 Å². The molecule has 0 amide bonds. The first-order valence-electron chi connectivity index (χ1n) is 6.16. The topological polar surface area (TPSA) is 24.5 Å². The zero-order chi connectivity index (χ0) is 11.1. The molecule has 1 aliphatic carbocycles. The van der Waals surface area contributed by atoms with Gasteiger partial charge in [0, 0.05) is 19.2 Å². The van der Waals surface area contributed by atoms with Gasteiger partial charge in [0.2, 0.25) is 0 Å². The van der Waals surface area contributed by atoms with Gasteiger partial charge in [-0.25, -0.2) is 0 Å². The van der Waals surface area contributed by atoms with E-state index in [4.69, 9.17) is 4.74 Å². The van der Waals surface area contributed by atoms with Gasteiger partial charge in [-0.1, -0.05) is 0 Å². The van der Waals surface area contributed by atoms with Crippen molar-refractivity contribution in [2.24, 2.45) is 0 Å². The molecule has 0 saturated heterocycles. The van der Waals surface area contributed by atoms with Crippen molar-refractivity contribution in [1.82, 2.24) is 10.2 Å². The van der Waals surface area contributed by atoms with Crippen LogP contribution in [-0.4, -0.2) is 50.8 Å². The highest BCUT2D eigenvalue weighted by molar-refractivity contribution is 4.80. The van der Waals surface area contributed by atoms with Gasteiger partial charge in [0.1, 0.15) is 0 Å². The molecule has 0 spiro atoms. The average molecular weight is 214 g/mol. The number of hydrogen-bond donors (Lipinski definition) is 1. The number of nitrogens with one attached hydrogen (secondary N) is 1. The summed E-state index contributed by atoms with van der Waals surface area (Å²) in [7, 11) is 3.95. The molecule has 0 aliphatic heterocycles. The fourth-order valence-electron chi connectivity index (χ4n) is 1.67. The van der Waals surface area contributed by atoms with Crippen molar-refractivity contribution >= 4 is 0 Å². The number of rotatable bonds is 9. The van der Waals surface area contributed by atoms with Crippen LogP contribution in [0.5, 0.6) is 0 Å². The molecule has 1 fully saturated rings. The van der Waals surface area contributed by atoms with Gasteiger partial charge in [0.15, 0.2) is 0 Å². The third-order valence-corrected chi connectivity index (χ3v) is 3.11. The Morgan fingerprint density at radius 3 is 2.73 bits per heavy atom. The van der Waals surface area contributed by atoms with Gasteiger partial charge in [0.25, 0.3) is 0 Å². The van der Waals surface area contributed by atoms with E-state index in [1.165, 1.54) is 38.8 Å². The van der Waals surface area contributed by atoms with E-state index in [0.717, 1.165) is 12.6 Å². The fraction of sp³-hybridized carbons (Fsp3) is 1.00. The molecule has 3 heteroatoms. The van der Waals surface area contributed by atoms with E-state index < -0.39 is 0 Å². The summed E-state index contributed by atoms with van der Waals surface area (Å²) in [5.74, 6) is 0. The van der Waals surface area contributed by atoms with Crippen LogP contribution in [0.1, 0.15) is 32.6 Å². The van der Waals surface area contributed by atoms with E-state index in [1.54, 1.807) is 7.11 Å². The minimum absolute atomic E-state index is 0.534. The van der Waals surface area contributed by atoms with Crippen LogP contribution in [0.4, 0.5) is 0 Å². The van der Waals surface area contributed by atoms with Crippen LogP contribution in [0.3, 0.4) is 0 Å². The highest BCUT2D eigenvalue weighted by Crippen LogP contribution is 2.18. The number of likely N-dealkylation sites (N-methyl/N-ethyl adjacent to an activating group) is 1. The Hall–Kier alpha value is -0.120. The predicted molar refractivity (Wildman–Crippen MR) is 64.2 cm³/mol. The van der Waals surface area contributed by atoms with Crippen LogP contribution < -0.4 is 5.32 Å². The van der Waals surface area contributed by atoms with E-state index in [-0.39, 0.29) is 0 Å². The number of nitrogens with zero attached hydrogens (tertiary/aromatic N) is 1. The normalized spacial score (nSPS) is 18.4. The van der Waals surface area contributed by atoms with Gasteiger partial charge in [-0.05, 0) is 52.7 Å². The minimum atomic E-state index is 0.534. The summed E-state index contributed by atoms with van der Waals surface area (Å²) < 4.78 is 5.14. The van der Waals surface area contributed by atoms with Crippen molar-refractivity contribution in [1.29, 1.82) is 0 Å². The minimum Gasteiger partial charge on any atom is -0.383 e. The lowest BCUT2D eigenvalue weighted by Crippen LogP contribution is -2.33. The lowest BCUT2D eigenvalue weighted by Gasteiger charge is -2.23. The molecule has 0 radical (unpaired) electrons. The van der Waals surface area contributed by atoms with Crippen LogP contribution >= 0.6 is 0 Å². The SMILES string of the molecule is COCC(C)N(C)CCCCNC1CC1. The number of methoxy groups -OCH3 is 1. The van der Waals surface area contributed by atoms with Crippen molar-refractivity contribution < 1.29 is 4.74 Å². The number of unbranched alkanes of at least 4 members (excludes halogenated alkanes) is 1. The molecule has 0 aromatic carbocycles. The van der Waals surface area contributed by atoms with E-state index in [2.05, 4.69) is 24.2 Å². The molecule has 1 unspecified atom stereocenters. The Bertz CT molecular complexity index is 160. The second-order valence-electron chi connectivity index (χ2n) is 4.72. The molecular formula is C12H26N2O. The first-order valence-corrected chi connectivity index (χ1v) is 6.16. The van der Waals surface area contributed by atoms with E-state index in [0.29, 0.717) is 6.04 Å². The van der Waals surface area contributed by atoms with E-state index in [1.807, 2.05) is 0 Å². The molecule has 1 N–H and O–H groups in total. The number of hydrogen-bond acceptors (Lipinski definition) is 3. The van der Waals surface area contributed by atoms with Crippen molar-refractivity contribution in [2.45, 2.75) is 44.7 Å². The monoisotopic (exact) mass is 214 g/mol. The Morgan fingerprint density at radius 2 is 2.13 bits per heavy atom. The maximum atomic E-state index is 5.14. The third kappa shape index (κ3) is 6.13. The molecule has 15 heavy (non-hydrogen) atoms. The van der Waals surface area contributed by atoms with Crippen LogP contribution in [0.15, 0.2) is 0 Å². The van der Waals surface area contributed by atoms with Crippen molar-refractivity contribution in [3.63, 3.8) is 0 Å². The van der Waals surface area contributed by atoms with Crippen LogP contribution in [0, 0.1) is 0 Å². The second-order valence-corrected chi connectivity index (χ2v) is 4.72. The third-order valence-electron chi connectivity index (χ3n) is 3.11. The second kappa shape index (κ2) is 7.20. The van der Waals surface area contributed by atoms with E-state index >= 15 is 0 Å². The molecule has 0 aromatic heterocycles. The molecule has 90 valence electrons. The van der Waals surface area contributed by atoms with Crippen molar-refractivity contribution in [3.8, 4) is 0 Å². The van der Waals surface area contributed by atoms with Crippen LogP contribution in [0.25, 0.3) is 0 Å². The lowest BCUT2D eigenvalue weighted by atomic mass is 10.2. The highest BCUT2D eigenvalue weighted by Gasteiger charge is 2.19. The van der Waals surface area contributed by atoms with Gasteiger partial charge in [0.05, 0.1) is 6.61 Å². The fourth-order valence-corrected chi connectivity index (χ4v) is 1.67. The standard InChI is InChI=1S/C12H26N2O/c1-11(10-15-3)14(2)9-5-4-8-13-12-6-7-12/h11-13H,4-10H2,1-3H3. The molecule has 3 nitrogen and oxygen atoms in total. The molecule has 1 aliphatic rings. The van der Waals surface area contributed by atoms with Gasteiger partial charge < -0.3 is 15.0 Å².